The number of hydrogen-bond donors (Lipinski definition) is 2. The monoisotopic (exact) mass is 584 g/mol. The molecule has 0 saturated heterocycles. The molecule has 0 saturated carbocycles. The lowest BCUT2D eigenvalue weighted by atomic mass is 10.0. The summed E-state index contributed by atoms with van der Waals surface area (Å²) in [6, 6.07) is 13.0. The number of amides is 2. The number of alkyl halides is 3. The van der Waals surface area contributed by atoms with Crippen molar-refractivity contribution in [3.63, 3.8) is 0 Å². The van der Waals surface area contributed by atoms with Gasteiger partial charge in [-0.1, -0.05) is 19.1 Å². The van der Waals surface area contributed by atoms with Gasteiger partial charge in [-0.25, -0.2) is 0 Å². The largest absolute Gasteiger partial charge is 0.488 e. The highest BCUT2D eigenvalue weighted by atomic mass is 19.4. The topological polar surface area (TPSA) is 95.0 Å². The van der Waals surface area contributed by atoms with Crippen molar-refractivity contribution in [1.82, 2.24) is 14.8 Å². The Kier molecular flexibility index (Phi) is 9.85. The fourth-order valence-corrected chi connectivity index (χ4v) is 4.91. The molecule has 1 aliphatic rings. The van der Waals surface area contributed by atoms with Gasteiger partial charge >= 0.3 is 6.18 Å². The summed E-state index contributed by atoms with van der Waals surface area (Å²) in [4.78, 5) is 33.7. The summed E-state index contributed by atoms with van der Waals surface area (Å²) in [7, 11) is 1.86. The third-order valence-electron chi connectivity index (χ3n) is 7.34. The summed E-state index contributed by atoms with van der Waals surface area (Å²) in [5, 5.41) is 12.7. The highest BCUT2D eigenvalue weighted by Gasteiger charge is 2.32. The number of ether oxygens (including phenoxy) is 1. The molecule has 2 aromatic carbocycles. The Morgan fingerprint density at radius 2 is 1.86 bits per heavy atom. The maximum absolute atomic E-state index is 13.4. The van der Waals surface area contributed by atoms with Crippen molar-refractivity contribution in [2.45, 2.75) is 45.1 Å². The first kappa shape index (κ1) is 31.0. The molecule has 2 amide bonds. The first-order valence-electron chi connectivity index (χ1n) is 13.7. The Hall–Kier alpha value is -3.96. The van der Waals surface area contributed by atoms with E-state index in [0.29, 0.717) is 42.2 Å². The number of carbonyl (C=O) groups excluding carboxylic acids is 2. The van der Waals surface area contributed by atoms with Crippen LogP contribution in [0, 0.1) is 5.92 Å². The molecule has 1 aromatic heterocycles. The molecule has 0 aliphatic carbocycles. The molecule has 11 heteroatoms. The van der Waals surface area contributed by atoms with Crippen molar-refractivity contribution in [3.8, 4) is 5.75 Å². The molecule has 0 spiro atoms. The number of fused-ring (bicyclic) bond motifs is 1. The van der Waals surface area contributed by atoms with E-state index in [2.05, 4.69) is 10.3 Å². The van der Waals surface area contributed by atoms with E-state index >= 15 is 0 Å². The van der Waals surface area contributed by atoms with Crippen LogP contribution in [-0.4, -0.2) is 70.6 Å². The zero-order valence-corrected chi connectivity index (χ0v) is 23.8. The average Bonchev–Trinajstić information content (AvgIpc) is 3.00. The summed E-state index contributed by atoms with van der Waals surface area (Å²) in [6.45, 7) is 4.72. The lowest BCUT2D eigenvalue weighted by Gasteiger charge is -2.34. The normalized spacial score (nSPS) is 18.4. The van der Waals surface area contributed by atoms with Gasteiger partial charge in [0.25, 0.3) is 5.91 Å². The van der Waals surface area contributed by atoms with Crippen LogP contribution >= 0.6 is 0 Å². The minimum atomic E-state index is -4.39. The van der Waals surface area contributed by atoms with Gasteiger partial charge in [-0.15, -0.1) is 0 Å². The van der Waals surface area contributed by atoms with Crippen molar-refractivity contribution >= 4 is 17.5 Å². The molecule has 8 nitrogen and oxygen atoms in total. The van der Waals surface area contributed by atoms with E-state index in [-0.39, 0.29) is 36.9 Å². The van der Waals surface area contributed by atoms with Gasteiger partial charge in [0.05, 0.1) is 24.6 Å². The molecule has 42 heavy (non-hydrogen) atoms. The van der Waals surface area contributed by atoms with Crippen LogP contribution in [0.5, 0.6) is 5.75 Å². The number of halogens is 3. The van der Waals surface area contributed by atoms with Crippen LogP contribution in [-0.2, 0) is 23.9 Å². The van der Waals surface area contributed by atoms with Crippen molar-refractivity contribution in [1.29, 1.82) is 0 Å². The van der Waals surface area contributed by atoms with Crippen molar-refractivity contribution in [2.75, 3.05) is 32.1 Å². The summed E-state index contributed by atoms with van der Waals surface area (Å²) >= 11 is 0. The second-order valence-corrected chi connectivity index (χ2v) is 10.8. The number of aliphatic hydroxyl groups excluding tert-OH is 1. The summed E-state index contributed by atoms with van der Waals surface area (Å²) in [5.41, 5.74) is 1.55. The highest BCUT2D eigenvalue weighted by Crippen LogP contribution is 2.31. The number of anilines is 1. The smallest absolute Gasteiger partial charge is 0.416 e. The van der Waals surface area contributed by atoms with E-state index in [1.165, 1.54) is 24.5 Å². The molecule has 0 radical (unpaired) electrons. The first-order valence-corrected chi connectivity index (χ1v) is 13.7. The van der Waals surface area contributed by atoms with Gasteiger partial charge in [-0.05, 0) is 62.0 Å². The van der Waals surface area contributed by atoms with Gasteiger partial charge in [-0.3, -0.25) is 19.5 Å². The lowest BCUT2D eigenvalue weighted by Crippen LogP contribution is -2.47. The van der Waals surface area contributed by atoms with E-state index in [1.54, 1.807) is 42.2 Å². The molecule has 1 aliphatic heterocycles. The number of aromatic nitrogens is 1. The Labute approximate surface area is 243 Å². The number of benzene rings is 2. The fourth-order valence-electron chi connectivity index (χ4n) is 4.91. The number of nitrogens with one attached hydrogen (secondary N) is 1. The average molecular weight is 585 g/mol. The third kappa shape index (κ3) is 7.86. The van der Waals surface area contributed by atoms with Gasteiger partial charge in [0, 0.05) is 54.8 Å². The van der Waals surface area contributed by atoms with Crippen molar-refractivity contribution in [2.24, 2.45) is 5.92 Å². The maximum atomic E-state index is 13.4. The second-order valence-electron chi connectivity index (χ2n) is 10.8. The number of carbonyl (C=O) groups is 2. The van der Waals surface area contributed by atoms with Gasteiger partial charge in [0.1, 0.15) is 11.9 Å². The van der Waals surface area contributed by atoms with E-state index in [9.17, 15) is 27.9 Å². The Morgan fingerprint density at radius 3 is 2.50 bits per heavy atom. The Morgan fingerprint density at radius 1 is 1.17 bits per heavy atom. The Balaban J connectivity index is 1.57. The molecule has 2 N–H and O–H groups in total. The molecule has 3 aromatic rings. The van der Waals surface area contributed by atoms with Crippen LogP contribution < -0.4 is 10.1 Å². The Bertz CT molecular complexity index is 1370. The summed E-state index contributed by atoms with van der Waals surface area (Å²) < 4.78 is 45.4. The number of pyridine rings is 1. The zero-order valence-electron chi connectivity index (χ0n) is 23.8. The molecule has 2 heterocycles. The molecule has 3 atom stereocenters. The minimum Gasteiger partial charge on any atom is -0.488 e. The van der Waals surface area contributed by atoms with E-state index in [1.807, 2.05) is 18.9 Å². The predicted octanol–water partition coefficient (Wildman–Crippen LogP) is 4.63. The van der Waals surface area contributed by atoms with Crippen LogP contribution in [0.1, 0.15) is 40.9 Å². The SMILES string of the molecule is C[C@@H]1CN([C@H](C)CO)C(=O)Cc2cc(NC(=O)c3ccncc3)ccc2O[C@@H]1CN(C)Cc1ccc(C(F)(F)F)cc1. The van der Waals surface area contributed by atoms with Crippen molar-refractivity contribution in [3.05, 3.63) is 89.2 Å². The number of aliphatic hydroxyl groups is 1. The number of hydrogen-bond acceptors (Lipinski definition) is 6. The van der Waals surface area contributed by atoms with E-state index < -0.39 is 17.8 Å². The molecule has 0 unspecified atom stereocenters. The van der Waals surface area contributed by atoms with Crippen LogP contribution in [0.15, 0.2) is 67.0 Å². The van der Waals surface area contributed by atoms with Crippen LogP contribution in [0.4, 0.5) is 18.9 Å². The highest BCUT2D eigenvalue weighted by molar-refractivity contribution is 6.04. The van der Waals surface area contributed by atoms with E-state index in [0.717, 1.165) is 17.7 Å². The van der Waals surface area contributed by atoms with Gasteiger partial charge in [0.15, 0.2) is 0 Å². The van der Waals surface area contributed by atoms with E-state index in [4.69, 9.17) is 4.74 Å². The fraction of sp³-hybridized carbons (Fsp3) is 0.387. The summed E-state index contributed by atoms with van der Waals surface area (Å²) in [6.07, 6.45) is -1.72. The van der Waals surface area contributed by atoms with Gasteiger partial charge in [-0.2, -0.15) is 13.2 Å². The number of nitrogens with zero attached hydrogens (tertiary/aromatic N) is 3. The van der Waals surface area contributed by atoms with Crippen LogP contribution in [0.2, 0.25) is 0 Å². The lowest BCUT2D eigenvalue weighted by molar-refractivity contribution is -0.137. The van der Waals surface area contributed by atoms with Crippen LogP contribution in [0.25, 0.3) is 0 Å². The van der Waals surface area contributed by atoms with Gasteiger partial charge < -0.3 is 20.1 Å². The standard InChI is InChI=1S/C31H35F3N4O4/c1-20-16-38(21(2)19-39)29(40)15-24-14-26(36-30(41)23-10-12-35-13-11-23)8-9-27(24)42-28(20)18-37(3)17-22-4-6-25(7-5-22)31(32,33)34/h4-14,20-21,28,39H,15-19H2,1-3H3,(H,36,41)/t20-,21-,28-/m1/s1. The number of rotatable bonds is 8. The summed E-state index contributed by atoms with van der Waals surface area (Å²) in [5.74, 6) is -0.136. The predicted molar refractivity (Wildman–Crippen MR) is 152 cm³/mol. The second kappa shape index (κ2) is 13.3. The minimum absolute atomic E-state index is 0.0134. The molecule has 0 bridgehead atoms. The van der Waals surface area contributed by atoms with Crippen molar-refractivity contribution < 1.29 is 32.6 Å². The molecular formula is C31H35F3N4O4. The molecule has 0 fully saturated rings. The third-order valence-corrected chi connectivity index (χ3v) is 7.34. The first-order chi connectivity index (χ1) is 19.9. The number of likely N-dealkylation sites (N-methyl/N-ethyl adjacent to an activating group) is 1. The molecular weight excluding hydrogens is 549 g/mol. The van der Waals surface area contributed by atoms with Crippen LogP contribution in [0.3, 0.4) is 0 Å². The van der Waals surface area contributed by atoms with Gasteiger partial charge in [0.2, 0.25) is 5.91 Å². The molecule has 224 valence electrons. The maximum Gasteiger partial charge on any atom is 0.416 e. The zero-order chi connectivity index (χ0) is 30.4. The molecule has 4 rings (SSSR count). The quantitative estimate of drug-likeness (QED) is 0.401.